The van der Waals surface area contributed by atoms with Gasteiger partial charge in [-0.25, -0.2) is 0 Å². The van der Waals surface area contributed by atoms with Gasteiger partial charge in [0.05, 0.1) is 5.41 Å². The smallest absolute Gasteiger partial charge is 0.320 e. The van der Waals surface area contributed by atoms with Gasteiger partial charge in [-0.3, -0.25) is 19.6 Å². The molecule has 1 atom stereocenters. The van der Waals surface area contributed by atoms with Crippen LogP contribution in [0.15, 0.2) is 0 Å². The normalized spacial score (nSPS) is 23.6. The molecule has 1 saturated heterocycles. The van der Waals surface area contributed by atoms with Gasteiger partial charge in [-0.05, 0) is 19.3 Å². The lowest BCUT2D eigenvalue weighted by atomic mass is 9.58. The minimum absolute atomic E-state index is 0.0785. The Morgan fingerprint density at radius 3 is 1.74 bits per heavy atom. The number of amides is 2. The lowest BCUT2D eigenvalue weighted by Crippen LogP contribution is -2.50. The highest BCUT2D eigenvalue weighted by Crippen LogP contribution is 2.56. The highest BCUT2D eigenvalue weighted by Gasteiger charge is 2.72. The average Bonchev–Trinajstić information content (AvgIpc) is 2.69. The van der Waals surface area contributed by atoms with E-state index in [-0.39, 0.29) is 11.5 Å². The maximum Gasteiger partial charge on any atom is 0.320 e. The molecular weight excluding hydrogens is 298 g/mol. The molecule has 2 amide bonds. The third-order valence-corrected chi connectivity index (χ3v) is 5.16. The molecule has 132 valence electrons. The second kappa shape index (κ2) is 7.90. The fraction of sp³-hybridized carbons (Fsp3) is 0.824. The van der Waals surface area contributed by atoms with Gasteiger partial charge in [0.25, 0.3) is 11.8 Å². The summed E-state index contributed by atoms with van der Waals surface area (Å²) in [5.74, 6) is -2.98. The van der Waals surface area contributed by atoms with Crippen LogP contribution >= 0.6 is 0 Å². The largest absolute Gasteiger partial charge is 0.480 e. The van der Waals surface area contributed by atoms with Crippen LogP contribution in [0, 0.1) is 10.8 Å². The SMILES string of the molecule is CCCCC1(CCCC)C(=O)N(O)C(=O)C1(CCCC)C(=O)O. The topological polar surface area (TPSA) is 94.9 Å². The standard InChI is InChI=1S/C17H29NO5/c1-4-7-10-16(11-8-5-2)13(19)18(23)14(20)17(16,15(21)22)12-9-6-3/h23H,4-12H2,1-3H3,(H,21,22). The summed E-state index contributed by atoms with van der Waals surface area (Å²) < 4.78 is 0. The van der Waals surface area contributed by atoms with Crippen LogP contribution in [0.2, 0.25) is 0 Å². The van der Waals surface area contributed by atoms with Gasteiger partial charge in [-0.1, -0.05) is 59.3 Å². The van der Waals surface area contributed by atoms with Gasteiger partial charge >= 0.3 is 5.97 Å². The number of nitrogens with zero attached hydrogens (tertiary/aromatic N) is 1. The summed E-state index contributed by atoms with van der Waals surface area (Å²) in [5, 5.41) is 20.0. The predicted molar refractivity (Wildman–Crippen MR) is 84.7 cm³/mol. The molecule has 0 spiro atoms. The summed E-state index contributed by atoms with van der Waals surface area (Å²) in [6.45, 7) is 5.83. The number of rotatable bonds is 10. The quantitative estimate of drug-likeness (QED) is 0.364. The molecule has 1 heterocycles. The second-order valence-corrected chi connectivity index (χ2v) is 6.53. The summed E-state index contributed by atoms with van der Waals surface area (Å²) in [4.78, 5) is 37.5. The average molecular weight is 327 g/mol. The molecule has 1 unspecified atom stereocenters. The van der Waals surface area contributed by atoms with Crippen molar-refractivity contribution in [1.29, 1.82) is 0 Å². The van der Waals surface area contributed by atoms with E-state index in [4.69, 9.17) is 0 Å². The number of carbonyl (C=O) groups excluding carboxylic acids is 2. The lowest BCUT2D eigenvalue weighted by molar-refractivity contribution is -0.176. The molecule has 6 nitrogen and oxygen atoms in total. The lowest BCUT2D eigenvalue weighted by Gasteiger charge is -2.39. The van der Waals surface area contributed by atoms with E-state index >= 15 is 0 Å². The first-order chi connectivity index (χ1) is 10.9. The van der Waals surface area contributed by atoms with Crippen molar-refractivity contribution >= 4 is 17.8 Å². The van der Waals surface area contributed by atoms with Crippen LogP contribution in [-0.4, -0.2) is 33.2 Å². The van der Waals surface area contributed by atoms with Crippen molar-refractivity contribution in [3.05, 3.63) is 0 Å². The third-order valence-electron chi connectivity index (χ3n) is 5.16. The zero-order valence-corrected chi connectivity index (χ0v) is 14.4. The van der Waals surface area contributed by atoms with Crippen LogP contribution < -0.4 is 0 Å². The van der Waals surface area contributed by atoms with E-state index in [9.17, 15) is 24.7 Å². The summed E-state index contributed by atoms with van der Waals surface area (Å²) >= 11 is 0. The summed E-state index contributed by atoms with van der Waals surface area (Å²) in [6.07, 6.45) is 4.87. The molecule has 2 N–H and O–H groups in total. The number of hydroxylamine groups is 2. The number of hydrogen-bond acceptors (Lipinski definition) is 4. The Kier molecular flexibility index (Phi) is 6.74. The van der Waals surface area contributed by atoms with Crippen molar-refractivity contribution in [2.45, 2.75) is 78.6 Å². The molecule has 23 heavy (non-hydrogen) atoms. The summed E-state index contributed by atoms with van der Waals surface area (Å²) in [5.41, 5.74) is -3.16. The maximum atomic E-state index is 12.7. The van der Waals surface area contributed by atoms with Crippen molar-refractivity contribution in [3.8, 4) is 0 Å². The number of carboxylic acid groups (broad SMARTS) is 1. The Hall–Kier alpha value is -1.43. The van der Waals surface area contributed by atoms with Crippen LogP contribution in [0.3, 0.4) is 0 Å². The van der Waals surface area contributed by atoms with Crippen LogP contribution in [0.4, 0.5) is 0 Å². The van der Waals surface area contributed by atoms with Crippen molar-refractivity contribution in [1.82, 2.24) is 5.06 Å². The number of carboxylic acids is 1. The second-order valence-electron chi connectivity index (χ2n) is 6.53. The van der Waals surface area contributed by atoms with Crippen LogP contribution in [-0.2, 0) is 14.4 Å². The van der Waals surface area contributed by atoms with Crippen LogP contribution in [0.5, 0.6) is 0 Å². The summed E-state index contributed by atoms with van der Waals surface area (Å²) in [6, 6.07) is 0. The Balaban J connectivity index is 3.49. The molecule has 0 aromatic carbocycles. The fourth-order valence-electron chi connectivity index (χ4n) is 3.78. The van der Waals surface area contributed by atoms with Gasteiger partial charge in [-0.2, -0.15) is 5.06 Å². The number of imide groups is 1. The van der Waals surface area contributed by atoms with E-state index in [0.29, 0.717) is 32.1 Å². The molecule has 0 saturated carbocycles. The molecule has 0 aromatic rings. The molecule has 1 rings (SSSR count). The van der Waals surface area contributed by atoms with Gasteiger partial charge < -0.3 is 5.11 Å². The Morgan fingerprint density at radius 2 is 1.35 bits per heavy atom. The van der Waals surface area contributed by atoms with Crippen molar-refractivity contribution in [3.63, 3.8) is 0 Å². The van der Waals surface area contributed by atoms with Gasteiger partial charge in [-0.15, -0.1) is 0 Å². The van der Waals surface area contributed by atoms with Crippen molar-refractivity contribution in [2.75, 3.05) is 0 Å². The maximum absolute atomic E-state index is 12.7. The summed E-state index contributed by atoms with van der Waals surface area (Å²) in [7, 11) is 0. The Morgan fingerprint density at radius 1 is 0.913 bits per heavy atom. The van der Waals surface area contributed by atoms with E-state index in [0.717, 1.165) is 19.3 Å². The first-order valence-corrected chi connectivity index (χ1v) is 8.67. The third kappa shape index (κ3) is 3.01. The molecule has 0 bridgehead atoms. The van der Waals surface area contributed by atoms with Crippen molar-refractivity contribution < 1.29 is 24.7 Å². The Bertz CT molecular complexity index is 454. The first-order valence-electron chi connectivity index (χ1n) is 8.67. The van der Waals surface area contributed by atoms with Gasteiger partial charge in [0.15, 0.2) is 5.41 Å². The molecule has 1 aliphatic rings. The highest BCUT2D eigenvalue weighted by molar-refractivity contribution is 6.17. The minimum Gasteiger partial charge on any atom is -0.480 e. The van der Waals surface area contributed by atoms with E-state index in [2.05, 4.69) is 0 Å². The number of aliphatic carboxylic acids is 1. The molecule has 1 fully saturated rings. The predicted octanol–water partition coefficient (Wildman–Crippen LogP) is 3.37. The number of hydrogen-bond donors (Lipinski definition) is 2. The number of unbranched alkanes of at least 4 members (excludes halogenated alkanes) is 3. The van der Waals surface area contributed by atoms with Crippen LogP contribution in [0.1, 0.15) is 78.6 Å². The number of carbonyl (C=O) groups is 3. The van der Waals surface area contributed by atoms with Crippen LogP contribution in [0.25, 0.3) is 0 Å². The van der Waals surface area contributed by atoms with E-state index in [1.165, 1.54) is 0 Å². The van der Waals surface area contributed by atoms with Crippen molar-refractivity contribution in [2.24, 2.45) is 10.8 Å². The molecule has 6 heteroatoms. The molecular formula is C17H29NO5. The minimum atomic E-state index is -1.83. The fourth-order valence-corrected chi connectivity index (χ4v) is 3.78. The van der Waals surface area contributed by atoms with Gasteiger partial charge in [0, 0.05) is 0 Å². The molecule has 0 aromatic heterocycles. The first kappa shape index (κ1) is 19.6. The zero-order valence-electron chi connectivity index (χ0n) is 14.4. The zero-order chi connectivity index (χ0) is 17.7. The molecule has 0 radical (unpaired) electrons. The molecule has 0 aliphatic carbocycles. The molecule has 1 aliphatic heterocycles. The highest BCUT2D eigenvalue weighted by atomic mass is 16.5. The Labute approximate surface area is 137 Å². The van der Waals surface area contributed by atoms with Gasteiger partial charge in [0.2, 0.25) is 0 Å². The van der Waals surface area contributed by atoms with Gasteiger partial charge in [0.1, 0.15) is 0 Å². The van der Waals surface area contributed by atoms with E-state index in [1.54, 1.807) is 0 Å². The van der Waals surface area contributed by atoms with E-state index in [1.807, 2.05) is 20.8 Å². The van der Waals surface area contributed by atoms with E-state index < -0.39 is 28.6 Å². The monoisotopic (exact) mass is 327 g/mol.